The van der Waals surface area contributed by atoms with Crippen LogP contribution in [0.5, 0.6) is 5.75 Å². The van der Waals surface area contributed by atoms with Gasteiger partial charge in [-0.15, -0.1) is 0 Å². The zero-order valence-corrected chi connectivity index (χ0v) is 6.93. The van der Waals surface area contributed by atoms with Gasteiger partial charge in [-0.25, -0.2) is 4.79 Å². The SMILES string of the molecule is C=CCOc1ccncc1C(=O)O. The lowest BCUT2D eigenvalue weighted by atomic mass is 10.2. The minimum Gasteiger partial charge on any atom is -0.489 e. The van der Waals surface area contributed by atoms with Crippen molar-refractivity contribution >= 4 is 5.97 Å². The minimum atomic E-state index is -1.05. The normalized spacial score (nSPS) is 9.23. The highest BCUT2D eigenvalue weighted by Crippen LogP contribution is 2.15. The average molecular weight is 179 g/mol. The Bertz CT molecular complexity index is 322. The van der Waals surface area contributed by atoms with Gasteiger partial charge in [0.15, 0.2) is 0 Å². The second-order valence-electron chi connectivity index (χ2n) is 2.28. The Hall–Kier alpha value is -1.84. The summed E-state index contributed by atoms with van der Waals surface area (Å²) in [5.74, 6) is -0.741. The van der Waals surface area contributed by atoms with Crippen molar-refractivity contribution < 1.29 is 14.6 Å². The maximum Gasteiger partial charge on any atom is 0.341 e. The van der Waals surface area contributed by atoms with Crippen molar-refractivity contribution in [2.75, 3.05) is 6.61 Å². The van der Waals surface area contributed by atoms with Crippen molar-refractivity contribution in [2.24, 2.45) is 0 Å². The number of aromatic nitrogens is 1. The molecule has 0 aromatic carbocycles. The van der Waals surface area contributed by atoms with E-state index in [1.165, 1.54) is 18.5 Å². The first-order chi connectivity index (χ1) is 6.25. The van der Waals surface area contributed by atoms with Crippen LogP contribution in [0.15, 0.2) is 31.1 Å². The van der Waals surface area contributed by atoms with Crippen molar-refractivity contribution in [3.8, 4) is 5.75 Å². The van der Waals surface area contributed by atoms with Gasteiger partial charge in [-0.1, -0.05) is 12.7 Å². The summed E-state index contributed by atoms with van der Waals surface area (Å²) in [7, 11) is 0. The smallest absolute Gasteiger partial charge is 0.341 e. The molecule has 1 N–H and O–H groups in total. The molecule has 0 unspecified atom stereocenters. The number of rotatable bonds is 4. The monoisotopic (exact) mass is 179 g/mol. The summed E-state index contributed by atoms with van der Waals surface area (Å²) in [6.45, 7) is 3.74. The van der Waals surface area contributed by atoms with Gasteiger partial charge in [-0.3, -0.25) is 4.98 Å². The van der Waals surface area contributed by atoms with Crippen LogP contribution < -0.4 is 4.74 Å². The van der Waals surface area contributed by atoms with E-state index in [-0.39, 0.29) is 12.2 Å². The van der Waals surface area contributed by atoms with Gasteiger partial charge in [0.1, 0.15) is 17.9 Å². The molecule has 0 atom stereocenters. The highest BCUT2D eigenvalue weighted by Gasteiger charge is 2.09. The number of hydrogen-bond donors (Lipinski definition) is 1. The standard InChI is InChI=1S/C9H9NO3/c1-2-5-13-8-3-4-10-6-7(8)9(11)12/h2-4,6H,1,5H2,(H,11,12). The summed E-state index contributed by atoms with van der Waals surface area (Å²) >= 11 is 0. The first-order valence-electron chi connectivity index (χ1n) is 3.66. The van der Waals surface area contributed by atoms with Gasteiger partial charge in [-0.2, -0.15) is 0 Å². The number of carboxylic acids is 1. The predicted molar refractivity (Wildman–Crippen MR) is 46.9 cm³/mol. The zero-order chi connectivity index (χ0) is 9.68. The van der Waals surface area contributed by atoms with E-state index in [1.807, 2.05) is 0 Å². The molecule has 1 aromatic rings. The zero-order valence-electron chi connectivity index (χ0n) is 6.93. The van der Waals surface area contributed by atoms with Crippen LogP contribution in [-0.2, 0) is 0 Å². The highest BCUT2D eigenvalue weighted by molar-refractivity contribution is 5.90. The lowest BCUT2D eigenvalue weighted by molar-refractivity contribution is 0.0692. The number of carboxylic acid groups (broad SMARTS) is 1. The molecule has 0 spiro atoms. The summed E-state index contributed by atoms with van der Waals surface area (Å²) in [4.78, 5) is 14.3. The third-order valence-corrected chi connectivity index (χ3v) is 1.37. The molecule has 0 bridgehead atoms. The van der Waals surface area contributed by atoms with Crippen LogP contribution in [0.25, 0.3) is 0 Å². The quantitative estimate of drug-likeness (QED) is 0.708. The molecule has 4 nitrogen and oxygen atoms in total. The topological polar surface area (TPSA) is 59.4 Å². The van der Waals surface area contributed by atoms with Crippen molar-refractivity contribution in [3.05, 3.63) is 36.7 Å². The molecule has 0 saturated carbocycles. The Morgan fingerprint density at radius 2 is 2.54 bits per heavy atom. The molecule has 4 heteroatoms. The number of carbonyl (C=O) groups is 1. The number of aromatic carboxylic acids is 1. The molecule has 1 heterocycles. The number of ether oxygens (including phenoxy) is 1. The van der Waals surface area contributed by atoms with Crippen LogP contribution in [0.2, 0.25) is 0 Å². The van der Waals surface area contributed by atoms with E-state index in [4.69, 9.17) is 9.84 Å². The summed E-state index contributed by atoms with van der Waals surface area (Å²) in [5, 5.41) is 8.72. The van der Waals surface area contributed by atoms with Gasteiger partial charge in [0, 0.05) is 12.4 Å². The van der Waals surface area contributed by atoms with Crippen LogP contribution >= 0.6 is 0 Å². The fraction of sp³-hybridized carbons (Fsp3) is 0.111. The van der Waals surface area contributed by atoms with Crippen LogP contribution in [-0.4, -0.2) is 22.7 Å². The van der Waals surface area contributed by atoms with E-state index in [0.717, 1.165) is 0 Å². The van der Waals surface area contributed by atoms with E-state index in [9.17, 15) is 4.79 Å². The van der Waals surface area contributed by atoms with Crippen LogP contribution in [0.3, 0.4) is 0 Å². The van der Waals surface area contributed by atoms with Gasteiger partial charge < -0.3 is 9.84 Å². The van der Waals surface area contributed by atoms with E-state index in [1.54, 1.807) is 6.08 Å². The van der Waals surface area contributed by atoms with Gasteiger partial charge in [0.05, 0.1) is 0 Å². The van der Waals surface area contributed by atoms with Crippen molar-refractivity contribution in [2.45, 2.75) is 0 Å². The fourth-order valence-electron chi connectivity index (χ4n) is 0.817. The Balaban J connectivity index is 2.90. The van der Waals surface area contributed by atoms with E-state index in [2.05, 4.69) is 11.6 Å². The molecule has 0 saturated heterocycles. The Morgan fingerprint density at radius 1 is 1.77 bits per heavy atom. The fourth-order valence-corrected chi connectivity index (χ4v) is 0.817. The largest absolute Gasteiger partial charge is 0.489 e. The molecule has 13 heavy (non-hydrogen) atoms. The Labute approximate surface area is 75.5 Å². The molecule has 68 valence electrons. The maximum absolute atomic E-state index is 10.6. The molecule has 0 amide bonds. The lowest BCUT2D eigenvalue weighted by Crippen LogP contribution is -2.03. The molecule has 0 aliphatic rings. The summed E-state index contributed by atoms with van der Waals surface area (Å²) in [6, 6.07) is 1.51. The third kappa shape index (κ3) is 2.30. The van der Waals surface area contributed by atoms with Crippen LogP contribution in [0, 0.1) is 0 Å². The second-order valence-corrected chi connectivity index (χ2v) is 2.28. The molecule has 1 aromatic heterocycles. The molecule has 0 radical (unpaired) electrons. The summed E-state index contributed by atoms with van der Waals surface area (Å²) < 4.78 is 5.11. The number of hydrogen-bond acceptors (Lipinski definition) is 3. The maximum atomic E-state index is 10.6. The number of pyridine rings is 1. The van der Waals surface area contributed by atoms with Crippen LogP contribution in [0.1, 0.15) is 10.4 Å². The van der Waals surface area contributed by atoms with E-state index in [0.29, 0.717) is 5.75 Å². The Kier molecular flexibility index (Phi) is 3.03. The highest BCUT2D eigenvalue weighted by atomic mass is 16.5. The van der Waals surface area contributed by atoms with Crippen LogP contribution in [0.4, 0.5) is 0 Å². The summed E-state index contributed by atoms with van der Waals surface area (Å²) in [5.41, 5.74) is 0.0596. The van der Waals surface area contributed by atoms with Crippen molar-refractivity contribution in [3.63, 3.8) is 0 Å². The predicted octanol–water partition coefficient (Wildman–Crippen LogP) is 1.34. The second kappa shape index (κ2) is 4.25. The van der Waals surface area contributed by atoms with Gasteiger partial charge in [0.2, 0.25) is 0 Å². The van der Waals surface area contributed by atoms with Crippen molar-refractivity contribution in [1.29, 1.82) is 0 Å². The number of nitrogens with zero attached hydrogens (tertiary/aromatic N) is 1. The third-order valence-electron chi connectivity index (χ3n) is 1.37. The molecule has 0 fully saturated rings. The Morgan fingerprint density at radius 3 is 3.15 bits per heavy atom. The van der Waals surface area contributed by atoms with Gasteiger partial charge in [-0.05, 0) is 6.07 Å². The van der Waals surface area contributed by atoms with E-state index < -0.39 is 5.97 Å². The molecular formula is C9H9NO3. The molecule has 0 aliphatic carbocycles. The minimum absolute atomic E-state index is 0.0596. The van der Waals surface area contributed by atoms with Gasteiger partial charge >= 0.3 is 5.97 Å². The van der Waals surface area contributed by atoms with Crippen molar-refractivity contribution in [1.82, 2.24) is 4.98 Å². The summed E-state index contributed by atoms with van der Waals surface area (Å²) in [6.07, 6.45) is 4.28. The van der Waals surface area contributed by atoms with Gasteiger partial charge in [0.25, 0.3) is 0 Å². The lowest BCUT2D eigenvalue weighted by Gasteiger charge is -2.04. The average Bonchev–Trinajstić information content (AvgIpc) is 2.15. The molecule has 0 aliphatic heterocycles. The molecule has 1 rings (SSSR count). The first kappa shape index (κ1) is 9.25. The molecular weight excluding hydrogens is 170 g/mol. The van der Waals surface area contributed by atoms with E-state index >= 15 is 0 Å². The first-order valence-corrected chi connectivity index (χ1v) is 3.66.